The second-order valence-corrected chi connectivity index (χ2v) is 5.78. The average Bonchev–Trinajstić information content (AvgIpc) is 3.02. The highest BCUT2D eigenvalue weighted by Crippen LogP contribution is 2.16. The van der Waals surface area contributed by atoms with E-state index in [9.17, 15) is 14.7 Å². The van der Waals surface area contributed by atoms with Gasteiger partial charge >= 0.3 is 0 Å². The van der Waals surface area contributed by atoms with Crippen LogP contribution >= 0.6 is 0 Å². The maximum absolute atomic E-state index is 12.2. The number of benzene rings is 1. The minimum Gasteiger partial charge on any atom is -0.508 e. The average molecular weight is 339 g/mol. The van der Waals surface area contributed by atoms with Crippen LogP contribution in [0.15, 0.2) is 42.7 Å². The Labute approximate surface area is 143 Å². The summed E-state index contributed by atoms with van der Waals surface area (Å²) in [5.74, 6) is -1.07. The summed E-state index contributed by atoms with van der Waals surface area (Å²) in [5.41, 5.74) is 5.84. The van der Waals surface area contributed by atoms with Crippen molar-refractivity contribution in [1.29, 1.82) is 0 Å². The van der Waals surface area contributed by atoms with E-state index >= 15 is 0 Å². The zero-order chi connectivity index (χ0) is 18.0. The van der Waals surface area contributed by atoms with Crippen LogP contribution in [0.2, 0.25) is 0 Å². The third-order valence-electron chi connectivity index (χ3n) is 3.58. The second kappa shape index (κ2) is 6.60. The van der Waals surface area contributed by atoms with Gasteiger partial charge in [0.15, 0.2) is 5.65 Å². The molecule has 8 nitrogen and oxygen atoms in total. The Balaban J connectivity index is 1.71. The molecule has 0 bridgehead atoms. The van der Waals surface area contributed by atoms with Crippen molar-refractivity contribution in [2.24, 2.45) is 0 Å². The molecular formula is C17H17N5O3. The monoisotopic (exact) mass is 339 g/mol. The maximum atomic E-state index is 12.2. The molecule has 1 aromatic carbocycles. The van der Waals surface area contributed by atoms with Crippen molar-refractivity contribution in [3.63, 3.8) is 0 Å². The number of aromatic nitrogens is 3. The number of hydrazine groups is 1. The highest BCUT2D eigenvalue weighted by Gasteiger charge is 2.13. The first-order chi connectivity index (χ1) is 12.0. The lowest BCUT2D eigenvalue weighted by Gasteiger charge is -2.08. The molecule has 3 aromatic rings. The molecule has 0 aliphatic heterocycles. The minimum atomic E-state index is -0.536. The van der Waals surface area contributed by atoms with Crippen LogP contribution in [0.25, 0.3) is 11.0 Å². The van der Waals surface area contributed by atoms with E-state index < -0.39 is 11.8 Å². The van der Waals surface area contributed by atoms with Crippen molar-refractivity contribution in [3.05, 3.63) is 53.9 Å². The number of carbonyl (C=O) groups excluding carboxylic acids is 2. The van der Waals surface area contributed by atoms with Gasteiger partial charge in [-0.25, -0.2) is 9.67 Å². The van der Waals surface area contributed by atoms with E-state index in [1.54, 1.807) is 16.9 Å². The molecule has 3 N–H and O–H groups in total. The lowest BCUT2D eigenvalue weighted by Crippen LogP contribution is -2.41. The Morgan fingerprint density at radius 2 is 1.80 bits per heavy atom. The van der Waals surface area contributed by atoms with Crippen molar-refractivity contribution in [3.8, 4) is 5.75 Å². The number of rotatable bonds is 3. The highest BCUT2D eigenvalue weighted by molar-refractivity contribution is 6.00. The van der Waals surface area contributed by atoms with Crippen LogP contribution < -0.4 is 10.9 Å². The fraction of sp³-hybridized carbons (Fsp3) is 0.176. The molecule has 0 saturated heterocycles. The number of carbonyl (C=O) groups is 2. The van der Waals surface area contributed by atoms with E-state index in [0.29, 0.717) is 11.2 Å². The van der Waals surface area contributed by atoms with Gasteiger partial charge in [-0.2, -0.15) is 5.10 Å². The summed E-state index contributed by atoms with van der Waals surface area (Å²) in [7, 11) is 0. The first-order valence-corrected chi connectivity index (χ1v) is 7.68. The van der Waals surface area contributed by atoms with Crippen molar-refractivity contribution in [2.45, 2.75) is 19.9 Å². The molecule has 0 radical (unpaired) electrons. The van der Waals surface area contributed by atoms with Gasteiger partial charge in [-0.15, -0.1) is 0 Å². The van der Waals surface area contributed by atoms with Crippen LogP contribution in [0.3, 0.4) is 0 Å². The lowest BCUT2D eigenvalue weighted by molar-refractivity contribution is 0.0846. The van der Waals surface area contributed by atoms with E-state index in [0.717, 1.165) is 5.39 Å². The number of nitrogens with one attached hydrogen (secondary N) is 2. The molecule has 3 rings (SSSR count). The topological polar surface area (TPSA) is 109 Å². The Morgan fingerprint density at radius 3 is 2.48 bits per heavy atom. The molecule has 2 heterocycles. The summed E-state index contributed by atoms with van der Waals surface area (Å²) in [6, 6.07) is 7.63. The minimum absolute atomic E-state index is 0.0317. The Hall–Kier alpha value is -3.42. The molecule has 0 fully saturated rings. The predicted molar refractivity (Wildman–Crippen MR) is 91.0 cm³/mol. The molecule has 0 aliphatic rings. The molecule has 2 aromatic heterocycles. The predicted octanol–water partition coefficient (Wildman–Crippen LogP) is 1.79. The van der Waals surface area contributed by atoms with Gasteiger partial charge in [-0.3, -0.25) is 20.4 Å². The van der Waals surface area contributed by atoms with Gasteiger partial charge in [0.05, 0.1) is 11.8 Å². The second-order valence-electron chi connectivity index (χ2n) is 5.78. The summed E-state index contributed by atoms with van der Waals surface area (Å²) in [4.78, 5) is 28.4. The van der Waals surface area contributed by atoms with Gasteiger partial charge < -0.3 is 5.11 Å². The van der Waals surface area contributed by atoms with Gasteiger partial charge in [0.2, 0.25) is 0 Å². The van der Waals surface area contributed by atoms with Crippen LogP contribution in [-0.2, 0) is 0 Å². The Bertz CT molecular complexity index is 948. The quantitative estimate of drug-likeness (QED) is 0.630. The Morgan fingerprint density at radius 1 is 1.08 bits per heavy atom. The molecule has 0 spiro atoms. The summed E-state index contributed by atoms with van der Waals surface area (Å²) in [6.07, 6.45) is 3.07. The first kappa shape index (κ1) is 16.4. The number of phenols is 1. The van der Waals surface area contributed by atoms with Gasteiger partial charge in [0, 0.05) is 23.2 Å². The van der Waals surface area contributed by atoms with Crippen molar-refractivity contribution in [1.82, 2.24) is 25.6 Å². The fourth-order valence-corrected chi connectivity index (χ4v) is 2.35. The number of aromatic hydroxyl groups is 1. The smallest absolute Gasteiger partial charge is 0.271 e. The molecular weight excluding hydrogens is 322 g/mol. The van der Waals surface area contributed by atoms with Crippen molar-refractivity contribution < 1.29 is 14.7 Å². The standard InChI is InChI=1S/C17H17N5O3/c1-10(2)22-15-12(9-19-22)6-13(8-18-15)17(25)21-20-16(24)11-4-3-5-14(23)7-11/h3-10,23H,1-2H3,(H,20,24)(H,21,25). The van der Waals surface area contributed by atoms with Gasteiger partial charge in [0.1, 0.15) is 5.75 Å². The summed E-state index contributed by atoms with van der Waals surface area (Å²) >= 11 is 0. The van der Waals surface area contributed by atoms with Gasteiger partial charge in [0.25, 0.3) is 11.8 Å². The molecule has 8 heteroatoms. The summed E-state index contributed by atoms with van der Waals surface area (Å²) < 4.78 is 1.76. The third-order valence-corrected chi connectivity index (χ3v) is 3.58. The third kappa shape index (κ3) is 3.42. The zero-order valence-electron chi connectivity index (χ0n) is 13.7. The molecule has 2 amide bonds. The van der Waals surface area contributed by atoms with E-state index in [2.05, 4.69) is 20.9 Å². The van der Waals surface area contributed by atoms with Crippen LogP contribution in [0.1, 0.15) is 40.6 Å². The van der Waals surface area contributed by atoms with Gasteiger partial charge in [-0.05, 0) is 38.1 Å². The number of fused-ring (bicyclic) bond motifs is 1. The number of amides is 2. The van der Waals surface area contributed by atoms with E-state index in [4.69, 9.17) is 0 Å². The van der Waals surface area contributed by atoms with Crippen LogP contribution in [0, 0.1) is 0 Å². The van der Waals surface area contributed by atoms with Crippen LogP contribution in [0.5, 0.6) is 5.75 Å². The molecule has 0 aliphatic carbocycles. The molecule has 0 saturated carbocycles. The normalized spacial score (nSPS) is 10.8. The van der Waals surface area contributed by atoms with E-state index in [1.165, 1.54) is 30.5 Å². The fourth-order valence-electron chi connectivity index (χ4n) is 2.35. The van der Waals surface area contributed by atoms with E-state index in [1.807, 2.05) is 13.8 Å². The maximum Gasteiger partial charge on any atom is 0.271 e. The molecule has 0 atom stereocenters. The van der Waals surface area contributed by atoms with Crippen LogP contribution in [0.4, 0.5) is 0 Å². The van der Waals surface area contributed by atoms with E-state index in [-0.39, 0.29) is 17.4 Å². The van der Waals surface area contributed by atoms with Crippen molar-refractivity contribution >= 4 is 22.8 Å². The van der Waals surface area contributed by atoms with Crippen LogP contribution in [-0.4, -0.2) is 31.7 Å². The summed E-state index contributed by atoms with van der Waals surface area (Å²) in [5, 5.41) is 14.4. The number of hydrogen-bond donors (Lipinski definition) is 3. The molecule has 25 heavy (non-hydrogen) atoms. The number of hydrogen-bond acceptors (Lipinski definition) is 5. The molecule has 0 unspecified atom stereocenters. The largest absolute Gasteiger partial charge is 0.508 e. The van der Waals surface area contributed by atoms with Gasteiger partial charge in [-0.1, -0.05) is 6.07 Å². The SMILES string of the molecule is CC(C)n1ncc2cc(C(=O)NNC(=O)c3cccc(O)c3)cnc21. The Kier molecular flexibility index (Phi) is 4.34. The summed E-state index contributed by atoms with van der Waals surface area (Å²) in [6.45, 7) is 3.98. The first-order valence-electron chi connectivity index (χ1n) is 7.68. The number of pyridine rings is 1. The number of nitrogens with zero attached hydrogens (tertiary/aromatic N) is 3. The van der Waals surface area contributed by atoms with Crippen molar-refractivity contribution in [2.75, 3.05) is 0 Å². The molecule has 128 valence electrons. The lowest BCUT2D eigenvalue weighted by atomic mass is 10.2. The number of phenolic OH excluding ortho intramolecular Hbond substituents is 1. The zero-order valence-corrected chi connectivity index (χ0v) is 13.7. The highest BCUT2D eigenvalue weighted by atomic mass is 16.3.